The highest BCUT2D eigenvalue weighted by molar-refractivity contribution is 5.75. The summed E-state index contributed by atoms with van der Waals surface area (Å²) >= 11 is 0. The Morgan fingerprint density at radius 3 is 1.29 bits per heavy atom. The summed E-state index contributed by atoms with van der Waals surface area (Å²) in [6.45, 7) is 19.5. The van der Waals surface area contributed by atoms with Gasteiger partial charge in [-0.25, -0.2) is 0 Å². The molecule has 1 saturated carbocycles. The van der Waals surface area contributed by atoms with E-state index in [0.717, 1.165) is 51.4 Å². The third kappa shape index (κ3) is 10.7. The van der Waals surface area contributed by atoms with Gasteiger partial charge in [-0.1, -0.05) is 68.2 Å². The molecule has 4 nitrogen and oxygen atoms in total. The minimum absolute atomic E-state index is 0.0524. The monoisotopic (exact) mass is 480 g/mol. The number of carbonyl (C=O) groups excluding carboxylic acids is 2. The fraction of sp³-hybridized carbons (Fsp3) is 0.933. The van der Waals surface area contributed by atoms with Crippen LogP contribution < -0.4 is 0 Å². The molecule has 0 aromatic heterocycles. The van der Waals surface area contributed by atoms with E-state index in [1.165, 1.54) is 25.7 Å². The lowest BCUT2D eigenvalue weighted by molar-refractivity contribution is -0.155. The van der Waals surface area contributed by atoms with Crippen LogP contribution in [0.4, 0.5) is 0 Å². The Morgan fingerprint density at radius 2 is 1.00 bits per heavy atom. The SMILES string of the molecule is CCC(C)C(C)(C)CCCCOC(=O)C1CCC(C(=O)OCCCCC(C)(C)C(C)CC)CC1. The molecule has 200 valence electrons. The number of carbonyl (C=O) groups is 2. The van der Waals surface area contributed by atoms with Gasteiger partial charge in [-0.3, -0.25) is 9.59 Å². The van der Waals surface area contributed by atoms with Crippen LogP contribution in [0.2, 0.25) is 0 Å². The van der Waals surface area contributed by atoms with Crippen LogP contribution in [0, 0.1) is 34.5 Å². The molecule has 0 saturated heterocycles. The summed E-state index contributed by atoms with van der Waals surface area (Å²) in [6.07, 6.45) is 11.8. The molecular formula is C30H56O4. The molecule has 1 aliphatic carbocycles. The summed E-state index contributed by atoms with van der Waals surface area (Å²) in [6, 6.07) is 0. The first kappa shape index (κ1) is 31.0. The second kappa shape index (κ2) is 15.1. The number of unbranched alkanes of at least 4 members (excludes halogenated alkanes) is 2. The summed E-state index contributed by atoms with van der Waals surface area (Å²) in [5.74, 6) is 1.16. The van der Waals surface area contributed by atoms with Crippen LogP contribution in [0.1, 0.15) is 132 Å². The van der Waals surface area contributed by atoms with Gasteiger partial charge >= 0.3 is 11.9 Å². The van der Waals surface area contributed by atoms with Crippen LogP contribution in [-0.4, -0.2) is 25.2 Å². The molecule has 1 fully saturated rings. The third-order valence-corrected chi connectivity index (χ3v) is 9.21. The Balaban J connectivity index is 2.17. The molecule has 4 heteroatoms. The van der Waals surface area contributed by atoms with Gasteiger partial charge in [-0.05, 0) is 86.9 Å². The van der Waals surface area contributed by atoms with Crippen molar-refractivity contribution in [2.75, 3.05) is 13.2 Å². The maximum atomic E-state index is 12.4. The summed E-state index contributed by atoms with van der Waals surface area (Å²) in [5, 5.41) is 0. The second-order valence-electron chi connectivity index (χ2n) is 12.4. The van der Waals surface area contributed by atoms with E-state index in [9.17, 15) is 9.59 Å². The average Bonchev–Trinajstić information content (AvgIpc) is 2.82. The largest absolute Gasteiger partial charge is 0.465 e. The molecule has 0 amide bonds. The van der Waals surface area contributed by atoms with Gasteiger partial charge in [0.15, 0.2) is 0 Å². The Labute approximate surface area is 211 Å². The Kier molecular flexibility index (Phi) is 13.8. The zero-order valence-electron chi connectivity index (χ0n) is 23.8. The van der Waals surface area contributed by atoms with E-state index in [-0.39, 0.29) is 23.8 Å². The lowest BCUT2D eigenvalue weighted by Gasteiger charge is -2.31. The predicted molar refractivity (Wildman–Crippen MR) is 142 cm³/mol. The smallest absolute Gasteiger partial charge is 0.308 e. The van der Waals surface area contributed by atoms with Gasteiger partial charge in [0.1, 0.15) is 0 Å². The van der Waals surface area contributed by atoms with Crippen LogP contribution in [0.3, 0.4) is 0 Å². The molecule has 1 aliphatic rings. The lowest BCUT2D eigenvalue weighted by atomic mass is 9.75. The van der Waals surface area contributed by atoms with Crippen LogP contribution in [0.5, 0.6) is 0 Å². The molecule has 0 N–H and O–H groups in total. The number of esters is 2. The Morgan fingerprint density at radius 1 is 0.676 bits per heavy atom. The summed E-state index contributed by atoms with van der Waals surface area (Å²) < 4.78 is 11.1. The molecule has 0 aromatic carbocycles. The summed E-state index contributed by atoms with van der Waals surface area (Å²) in [4.78, 5) is 24.9. The second-order valence-corrected chi connectivity index (χ2v) is 12.4. The van der Waals surface area contributed by atoms with E-state index in [2.05, 4.69) is 55.4 Å². The lowest BCUT2D eigenvalue weighted by Crippen LogP contribution is -2.28. The van der Waals surface area contributed by atoms with Crippen molar-refractivity contribution >= 4 is 11.9 Å². The quantitative estimate of drug-likeness (QED) is 0.164. The Hall–Kier alpha value is -1.06. The van der Waals surface area contributed by atoms with Crippen molar-refractivity contribution in [2.24, 2.45) is 34.5 Å². The zero-order chi connectivity index (χ0) is 25.8. The minimum Gasteiger partial charge on any atom is -0.465 e. The first-order valence-electron chi connectivity index (χ1n) is 14.3. The van der Waals surface area contributed by atoms with Gasteiger partial charge in [0.05, 0.1) is 25.0 Å². The summed E-state index contributed by atoms with van der Waals surface area (Å²) in [7, 11) is 0. The van der Waals surface area contributed by atoms with Gasteiger partial charge in [-0.15, -0.1) is 0 Å². The average molecular weight is 481 g/mol. The molecule has 0 heterocycles. The van der Waals surface area contributed by atoms with Crippen molar-refractivity contribution in [3.63, 3.8) is 0 Å². The Bertz CT molecular complexity index is 535. The van der Waals surface area contributed by atoms with Gasteiger partial charge in [0, 0.05) is 0 Å². The molecular weight excluding hydrogens is 424 g/mol. The van der Waals surface area contributed by atoms with Crippen molar-refractivity contribution in [1.82, 2.24) is 0 Å². The van der Waals surface area contributed by atoms with Gasteiger partial charge in [-0.2, -0.15) is 0 Å². The van der Waals surface area contributed by atoms with E-state index in [1.54, 1.807) is 0 Å². The predicted octanol–water partition coefficient (Wildman–Crippen LogP) is 8.36. The van der Waals surface area contributed by atoms with E-state index in [0.29, 0.717) is 35.9 Å². The number of ether oxygens (including phenoxy) is 2. The first-order chi connectivity index (χ1) is 15.9. The van der Waals surface area contributed by atoms with Crippen LogP contribution >= 0.6 is 0 Å². The van der Waals surface area contributed by atoms with E-state index in [1.807, 2.05) is 0 Å². The highest BCUT2D eigenvalue weighted by Crippen LogP contribution is 2.35. The van der Waals surface area contributed by atoms with Crippen molar-refractivity contribution < 1.29 is 19.1 Å². The molecule has 2 atom stereocenters. The first-order valence-corrected chi connectivity index (χ1v) is 14.3. The van der Waals surface area contributed by atoms with Gasteiger partial charge in [0.25, 0.3) is 0 Å². The molecule has 0 aromatic rings. The van der Waals surface area contributed by atoms with E-state index < -0.39 is 0 Å². The van der Waals surface area contributed by atoms with Crippen LogP contribution in [0.25, 0.3) is 0 Å². The van der Waals surface area contributed by atoms with E-state index >= 15 is 0 Å². The van der Waals surface area contributed by atoms with Gasteiger partial charge < -0.3 is 9.47 Å². The van der Waals surface area contributed by atoms with Crippen LogP contribution in [-0.2, 0) is 19.1 Å². The van der Waals surface area contributed by atoms with Crippen molar-refractivity contribution in [3.8, 4) is 0 Å². The molecule has 1 rings (SSSR count). The van der Waals surface area contributed by atoms with E-state index in [4.69, 9.17) is 9.47 Å². The summed E-state index contributed by atoms with van der Waals surface area (Å²) in [5.41, 5.74) is 0.686. The van der Waals surface area contributed by atoms with Crippen LogP contribution in [0.15, 0.2) is 0 Å². The molecule has 0 radical (unpaired) electrons. The van der Waals surface area contributed by atoms with Gasteiger partial charge in [0.2, 0.25) is 0 Å². The topological polar surface area (TPSA) is 52.6 Å². The normalized spacial score (nSPS) is 21.1. The zero-order valence-corrected chi connectivity index (χ0v) is 23.8. The highest BCUT2D eigenvalue weighted by atomic mass is 16.5. The van der Waals surface area contributed by atoms with Crippen molar-refractivity contribution in [1.29, 1.82) is 0 Å². The van der Waals surface area contributed by atoms with Crippen molar-refractivity contribution in [2.45, 2.75) is 132 Å². The molecule has 2 unspecified atom stereocenters. The number of rotatable bonds is 16. The van der Waals surface area contributed by atoms with Crippen molar-refractivity contribution in [3.05, 3.63) is 0 Å². The number of hydrogen-bond acceptors (Lipinski definition) is 4. The maximum Gasteiger partial charge on any atom is 0.308 e. The molecule has 0 spiro atoms. The fourth-order valence-electron chi connectivity index (χ4n) is 5.11. The highest BCUT2D eigenvalue weighted by Gasteiger charge is 2.32. The number of hydrogen-bond donors (Lipinski definition) is 0. The molecule has 0 aliphatic heterocycles. The third-order valence-electron chi connectivity index (χ3n) is 9.21. The fourth-order valence-corrected chi connectivity index (χ4v) is 5.11. The molecule has 0 bridgehead atoms. The maximum absolute atomic E-state index is 12.4. The standard InChI is InChI=1S/C30H56O4/c1-9-23(3)29(5,6)19-11-13-21-33-27(31)25-15-17-26(18-16-25)28(32)34-22-14-12-20-30(7,8)24(4)10-2/h23-26H,9-22H2,1-8H3. The molecule has 34 heavy (non-hydrogen) atoms. The minimum atomic E-state index is -0.0723.